The molecule has 0 unspecified atom stereocenters. The lowest BCUT2D eigenvalue weighted by atomic mass is 9.74. The molecule has 76 valence electrons. The van der Waals surface area contributed by atoms with E-state index in [0.29, 0.717) is 22.2 Å². The van der Waals surface area contributed by atoms with Gasteiger partial charge in [0.05, 0.1) is 5.69 Å². The van der Waals surface area contributed by atoms with Crippen molar-refractivity contribution in [2.24, 2.45) is 0 Å². The standard InChI is InChI=1S/C13H10B3N/c1-7-3-5-9(6-4-7)12-11(15)10(14)8(2)13(16)17-12/h3-6H,1-2H3. The zero-order valence-corrected chi connectivity index (χ0v) is 9.99. The lowest BCUT2D eigenvalue weighted by Crippen LogP contribution is -2.37. The first-order valence-electron chi connectivity index (χ1n) is 5.38. The van der Waals surface area contributed by atoms with Crippen LogP contribution in [0, 0.1) is 13.8 Å². The summed E-state index contributed by atoms with van der Waals surface area (Å²) in [4.78, 5) is 4.31. The Bertz CT molecular complexity index is 562. The molecule has 0 aliphatic heterocycles. The molecule has 0 N–H and O–H groups in total. The molecule has 2 aromatic rings. The number of aryl methyl sites for hydroxylation is 1. The summed E-state index contributed by atoms with van der Waals surface area (Å²) in [6.07, 6.45) is 0. The average Bonchev–Trinajstić information content (AvgIpc) is 2.32. The molecule has 0 aliphatic carbocycles. The second-order valence-electron chi connectivity index (χ2n) is 4.16. The van der Waals surface area contributed by atoms with Crippen molar-refractivity contribution in [3.05, 3.63) is 35.4 Å². The fourth-order valence-electron chi connectivity index (χ4n) is 1.66. The molecule has 0 aliphatic rings. The van der Waals surface area contributed by atoms with Gasteiger partial charge in [-0.1, -0.05) is 40.8 Å². The van der Waals surface area contributed by atoms with E-state index in [9.17, 15) is 0 Å². The van der Waals surface area contributed by atoms with Gasteiger partial charge in [0, 0.05) is 0 Å². The van der Waals surface area contributed by atoms with Crippen LogP contribution in [0.2, 0.25) is 0 Å². The molecule has 1 aromatic heterocycles. The van der Waals surface area contributed by atoms with Crippen LogP contribution in [0.15, 0.2) is 24.3 Å². The zero-order chi connectivity index (χ0) is 12.6. The van der Waals surface area contributed by atoms with Crippen molar-refractivity contribution in [3.63, 3.8) is 0 Å². The van der Waals surface area contributed by atoms with Crippen molar-refractivity contribution < 1.29 is 0 Å². The Morgan fingerprint density at radius 2 is 1.47 bits per heavy atom. The van der Waals surface area contributed by atoms with Crippen LogP contribution in [0.4, 0.5) is 0 Å². The highest BCUT2D eigenvalue weighted by Gasteiger charge is 2.09. The summed E-state index contributed by atoms with van der Waals surface area (Å²) in [7, 11) is 17.7. The van der Waals surface area contributed by atoms with Crippen LogP contribution in [-0.2, 0) is 0 Å². The van der Waals surface area contributed by atoms with Gasteiger partial charge in [-0.2, -0.15) is 0 Å². The number of nitrogens with zero attached hydrogens (tertiary/aromatic N) is 1. The van der Waals surface area contributed by atoms with E-state index in [1.165, 1.54) is 5.56 Å². The van der Waals surface area contributed by atoms with Crippen LogP contribution < -0.4 is 16.5 Å². The molecular weight excluding hydrogens is 203 g/mol. The number of aromatic nitrogens is 1. The largest absolute Gasteiger partial charge is 0.265 e. The summed E-state index contributed by atoms with van der Waals surface area (Å²) < 4.78 is 0. The van der Waals surface area contributed by atoms with E-state index in [0.717, 1.165) is 11.1 Å². The van der Waals surface area contributed by atoms with E-state index in [4.69, 9.17) is 23.5 Å². The molecule has 1 nitrogen and oxygen atoms in total. The maximum Gasteiger partial charge on any atom is 0.142 e. The van der Waals surface area contributed by atoms with E-state index in [-0.39, 0.29) is 0 Å². The molecule has 0 saturated carbocycles. The third-order valence-electron chi connectivity index (χ3n) is 2.89. The monoisotopic (exact) mass is 213 g/mol. The first kappa shape index (κ1) is 12.0. The van der Waals surface area contributed by atoms with Gasteiger partial charge in [0.25, 0.3) is 0 Å². The average molecular weight is 213 g/mol. The van der Waals surface area contributed by atoms with E-state index in [1.807, 2.05) is 38.1 Å². The normalized spacial score (nSPS) is 10.5. The number of benzene rings is 1. The van der Waals surface area contributed by atoms with Gasteiger partial charge in [-0.25, -0.2) is 0 Å². The molecule has 0 spiro atoms. The van der Waals surface area contributed by atoms with Crippen molar-refractivity contribution >= 4 is 40.1 Å². The predicted molar refractivity (Wildman–Crippen MR) is 75.3 cm³/mol. The lowest BCUT2D eigenvalue weighted by Gasteiger charge is -2.14. The molecule has 4 heteroatoms. The number of hydrogen-bond donors (Lipinski definition) is 0. The summed E-state index contributed by atoms with van der Waals surface area (Å²) in [6.45, 7) is 3.84. The third-order valence-corrected chi connectivity index (χ3v) is 2.89. The second kappa shape index (κ2) is 4.44. The number of pyridine rings is 1. The van der Waals surface area contributed by atoms with Crippen LogP contribution in [0.25, 0.3) is 11.3 Å². The molecule has 0 saturated heterocycles. The predicted octanol–water partition coefficient (Wildman–Crippen LogP) is -0.253. The van der Waals surface area contributed by atoms with Gasteiger partial charge in [-0.15, -0.1) is 0 Å². The van der Waals surface area contributed by atoms with Crippen molar-refractivity contribution in [3.8, 4) is 11.3 Å². The van der Waals surface area contributed by atoms with Crippen LogP contribution in [0.1, 0.15) is 11.1 Å². The molecule has 0 atom stereocenters. The number of hydrogen-bond acceptors (Lipinski definition) is 1. The Morgan fingerprint density at radius 1 is 0.882 bits per heavy atom. The third kappa shape index (κ3) is 2.17. The van der Waals surface area contributed by atoms with Gasteiger partial charge in [0.15, 0.2) is 0 Å². The van der Waals surface area contributed by atoms with Gasteiger partial charge in [-0.3, -0.25) is 4.98 Å². The van der Waals surface area contributed by atoms with E-state index in [2.05, 4.69) is 4.98 Å². The van der Waals surface area contributed by atoms with Gasteiger partial charge in [0.2, 0.25) is 0 Å². The minimum absolute atomic E-state index is 0.423. The first-order valence-corrected chi connectivity index (χ1v) is 5.38. The Kier molecular flexibility index (Phi) is 3.14. The molecule has 17 heavy (non-hydrogen) atoms. The van der Waals surface area contributed by atoms with Gasteiger partial charge in [0.1, 0.15) is 23.5 Å². The SMILES string of the molecule is [B]c1nc(-c2ccc(C)cc2)c([B])c([B])c1C. The summed E-state index contributed by atoms with van der Waals surface area (Å²) in [5.74, 6) is 0. The summed E-state index contributed by atoms with van der Waals surface area (Å²) in [5.41, 5.74) is 4.90. The quantitative estimate of drug-likeness (QED) is 0.594. The number of rotatable bonds is 1. The van der Waals surface area contributed by atoms with E-state index in [1.54, 1.807) is 0 Å². The summed E-state index contributed by atoms with van der Waals surface area (Å²) in [5, 5.41) is 0. The van der Waals surface area contributed by atoms with E-state index >= 15 is 0 Å². The summed E-state index contributed by atoms with van der Waals surface area (Å²) >= 11 is 0. The smallest absolute Gasteiger partial charge is 0.142 e. The Balaban J connectivity index is 2.64. The van der Waals surface area contributed by atoms with Crippen LogP contribution in [0.3, 0.4) is 0 Å². The second-order valence-corrected chi connectivity index (χ2v) is 4.16. The molecule has 0 fully saturated rings. The maximum atomic E-state index is 5.98. The van der Waals surface area contributed by atoms with Crippen LogP contribution in [-0.4, -0.2) is 28.5 Å². The van der Waals surface area contributed by atoms with E-state index < -0.39 is 0 Å². The molecule has 6 radical (unpaired) electrons. The molecule has 0 amide bonds. The molecule has 2 rings (SSSR count). The fraction of sp³-hybridized carbons (Fsp3) is 0.154. The Labute approximate surface area is 106 Å². The molecule has 1 heterocycles. The van der Waals surface area contributed by atoms with Gasteiger partial charge < -0.3 is 0 Å². The van der Waals surface area contributed by atoms with Gasteiger partial charge in [-0.05, 0) is 30.6 Å². The minimum atomic E-state index is 0.423. The highest BCUT2D eigenvalue weighted by atomic mass is 14.7. The Morgan fingerprint density at radius 3 is 2.06 bits per heavy atom. The molecular formula is C13H10B3N. The van der Waals surface area contributed by atoms with Crippen molar-refractivity contribution in [2.45, 2.75) is 13.8 Å². The first-order chi connectivity index (χ1) is 8.00. The zero-order valence-electron chi connectivity index (χ0n) is 9.99. The molecule has 0 bridgehead atoms. The van der Waals surface area contributed by atoms with Crippen molar-refractivity contribution in [1.29, 1.82) is 0 Å². The maximum absolute atomic E-state index is 5.98. The minimum Gasteiger partial charge on any atom is -0.265 e. The fourth-order valence-corrected chi connectivity index (χ4v) is 1.66. The van der Waals surface area contributed by atoms with Crippen molar-refractivity contribution in [2.75, 3.05) is 0 Å². The molecule has 1 aromatic carbocycles. The van der Waals surface area contributed by atoms with Gasteiger partial charge >= 0.3 is 0 Å². The highest BCUT2D eigenvalue weighted by Crippen LogP contribution is 2.14. The topological polar surface area (TPSA) is 12.9 Å². The van der Waals surface area contributed by atoms with Crippen molar-refractivity contribution in [1.82, 2.24) is 4.98 Å². The van der Waals surface area contributed by atoms with Crippen LogP contribution in [0.5, 0.6) is 0 Å². The Hall–Kier alpha value is -1.44. The highest BCUT2D eigenvalue weighted by molar-refractivity contribution is 6.52. The van der Waals surface area contributed by atoms with Crippen LogP contribution >= 0.6 is 0 Å². The lowest BCUT2D eigenvalue weighted by molar-refractivity contribution is 1.36. The summed E-state index contributed by atoms with van der Waals surface area (Å²) in [6, 6.07) is 7.93.